The zero-order valence-corrected chi connectivity index (χ0v) is 10.9. The monoisotopic (exact) mass is 263 g/mol. The molecule has 0 spiro atoms. The van der Waals surface area contributed by atoms with Gasteiger partial charge >= 0.3 is 0 Å². The van der Waals surface area contributed by atoms with E-state index in [9.17, 15) is 4.79 Å². The Kier molecular flexibility index (Phi) is 6.18. The lowest BCUT2D eigenvalue weighted by molar-refractivity contribution is -0.124. The molecule has 0 heterocycles. The molecule has 19 heavy (non-hydrogen) atoms. The fraction of sp³-hybridized carbons (Fsp3) is 0.214. The van der Waals surface area contributed by atoms with Gasteiger partial charge in [-0.3, -0.25) is 10.0 Å². The highest BCUT2D eigenvalue weighted by molar-refractivity contribution is 5.86. The van der Waals surface area contributed by atoms with Gasteiger partial charge in [0.2, 0.25) is 0 Å². The molecular formula is C14H17NO4. The number of benzene rings is 1. The number of methoxy groups -OCH3 is 1. The molecule has 0 bridgehead atoms. The predicted molar refractivity (Wildman–Crippen MR) is 71.3 cm³/mol. The quantitative estimate of drug-likeness (QED) is 0.357. The van der Waals surface area contributed by atoms with Crippen LogP contribution >= 0.6 is 0 Å². The van der Waals surface area contributed by atoms with Gasteiger partial charge < -0.3 is 9.47 Å². The Balaban J connectivity index is 2.43. The molecule has 1 aromatic carbocycles. The Bertz CT molecular complexity index is 463. The molecule has 1 rings (SSSR count). The first kappa shape index (κ1) is 14.8. The number of rotatable bonds is 6. The molecule has 1 amide bonds. The average molecular weight is 263 g/mol. The molecule has 0 radical (unpaired) electrons. The number of hydrogen-bond acceptors (Lipinski definition) is 4. The summed E-state index contributed by atoms with van der Waals surface area (Å²) < 4.78 is 10.5. The van der Waals surface area contributed by atoms with Crippen LogP contribution in [0.1, 0.15) is 6.92 Å². The lowest BCUT2D eigenvalue weighted by Gasteiger charge is -2.04. The zero-order chi connectivity index (χ0) is 14.1. The smallest absolute Gasteiger partial charge is 0.267 e. The summed E-state index contributed by atoms with van der Waals surface area (Å²) >= 11 is 0. The van der Waals surface area contributed by atoms with Gasteiger partial charge in [0.25, 0.3) is 5.91 Å². The first-order valence-electron chi connectivity index (χ1n) is 5.71. The molecule has 0 aromatic heterocycles. The van der Waals surface area contributed by atoms with Crippen LogP contribution in [0.3, 0.4) is 0 Å². The van der Waals surface area contributed by atoms with Crippen molar-refractivity contribution < 1.29 is 19.5 Å². The maximum atomic E-state index is 10.8. The van der Waals surface area contributed by atoms with Crippen LogP contribution in [-0.4, -0.2) is 24.8 Å². The minimum absolute atomic E-state index is 0.392. The van der Waals surface area contributed by atoms with Crippen LogP contribution in [0.5, 0.6) is 11.5 Å². The summed E-state index contributed by atoms with van der Waals surface area (Å²) in [6.45, 7) is 2.22. The van der Waals surface area contributed by atoms with E-state index >= 15 is 0 Å². The summed E-state index contributed by atoms with van der Waals surface area (Å²) in [5, 5.41) is 8.31. The maximum absolute atomic E-state index is 10.8. The summed E-state index contributed by atoms with van der Waals surface area (Å²) in [4.78, 5) is 10.8. The minimum Gasteiger partial charge on any atom is -0.497 e. The maximum Gasteiger partial charge on any atom is 0.267 e. The number of nitrogens with one attached hydrogen (secondary N) is 1. The predicted octanol–water partition coefficient (Wildman–Crippen LogP) is 2.08. The van der Waals surface area contributed by atoms with Crippen LogP contribution in [0.2, 0.25) is 0 Å². The van der Waals surface area contributed by atoms with Gasteiger partial charge in [0.15, 0.2) is 0 Å². The van der Waals surface area contributed by atoms with Gasteiger partial charge in [-0.2, -0.15) is 0 Å². The van der Waals surface area contributed by atoms with Crippen LogP contribution in [0, 0.1) is 0 Å². The Labute approximate surface area is 112 Å². The topological polar surface area (TPSA) is 67.8 Å². The summed E-state index contributed by atoms with van der Waals surface area (Å²) in [6, 6.07) is 7.27. The Morgan fingerprint density at radius 2 is 1.89 bits per heavy atom. The van der Waals surface area contributed by atoms with E-state index in [0.29, 0.717) is 6.61 Å². The molecule has 0 aliphatic heterocycles. The van der Waals surface area contributed by atoms with Gasteiger partial charge in [0, 0.05) is 6.08 Å². The van der Waals surface area contributed by atoms with Crippen molar-refractivity contribution in [1.82, 2.24) is 5.48 Å². The van der Waals surface area contributed by atoms with Crippen molar-refractivity contribution in [3.63, 3.8) is 0 Å². The van der Waals surface area contributed by atoms with Crippen LogP contribution < -0.4 is 15.0 Å². The third-order valence-corrected chi connectivity index (χ3v) is 2.32. The van der Waals surface area contributed by atoms with Crippen molar-refractivity contribution in [2.45, 2.75) is 6.92 Å². The second kappa shape index (κ2) is 7.94. The Hall–Kier alpha value is -2.27. The largest absolute Gasteiger partial charge is 0.497 e. The normalized spacial score (nSPS) is 11.4. The summed E-state index contributed by atoms with van der Waals surface area (Å²) in [7, 11) is 1.61. The molecule has 0 unspecified atom stereocenters. The van der Waals surface area contributed by atoms with E-state index in [4.69, 9.17) is 14.7 Å². The first-order valence-corrected chi connectivity index (χ1v) is 5.71. The minimum atomic E-state index is -0.566. The highest BCUT2D eigenvalue weighted by atomic mass is 16.5. The molecule has 5 heteroatoms. The van der Waals surface area contributed by atoms with Crippen LogP contribution in [0.4, 0.5) is 0 Å². The van der Waals surface area contributed by atoms with Crippen molar-refractivity contribution in [2.75, 3.05) is 13.7 Å². The fourth-order valence-electron chi connectivity index (χ4n) is 1.25. The third-order valence-electron chi connectivity index (χ3n) is 2.32. The number of ether oxygens (including phenoxy) is 2. The van der Waals surface area contributed by atoms with Crippen molar-refractivity contribution in [3.8, 4) is 11.5 Å². The molecule has 0 aliphatic carbocycles. The summed E-state index contributed by atoms with van der Waals surface area (Å²) in [5.74, 6) is 0.947. The molecule has 0 aliphatic rings. The van der Waals surface area contributed by atoms with Crippen molar-refractivity contribution >= 4 is 5.91 Å². The van der Waals surface area contributed by atoms with Gasteiger partial charge in [0.05, 0.1) is 7.11 Å². The molecule has 0 fully saturated rings. The number of carbonyl (C=O) groups excluding carboxylic acids is 1. The van der Waals surface area contributed by atoms with Crippen LogP contribution in [0.15, 0.2) is 48.1 Å². The van der Waals surface area contributed by atoms with E-state index in [1.165, 1.54) is 11.6 Å². The van der Waals surface area contributed by atoms with Crippen molar-refractivity contribution in [3.05, 3.63) is 48.1 Å². The molecular weight excluding hydrogens is 246 g/mol. The fourth-order valence-corrected chi connectivity index (χ4v) is 1.25. The highest BCUT2D eigenvalue weighted by Gasteiger charge is 1.94. The van der Waals surface area contributed by atoms with E-state index in [-0.39, 0.29) is 0 Å². The van der Waals surface area contributed by atoms with E-state index < -0.39 is 5.91 Å². The number of hydrogen-bond donors (Lipinski definition) is 2. The standard InChI is InChI=1S/C14H17NO4/c1-11(3-8-14(16)15-17)9-10-19-13-6-4-12(18-2)5-7-13/h3-9,17H,10H2,1-2H3,(H,15,16)/b8-3+,11-9+. The number of carbonyl (C=O) groups is 1. The molecule has 1 aromatic rings. The number of allylic oxidation sites excluding steroid dienone is 2. The number of hydroxylamine groups is 1. The lowest BCUT2D eigenvalue weighted by atomic mass is 10.2. The molecule has 5 nitrogen and oxygen atoms in total. The second-order valence-electron chi connectivity index (χ2n) is 3.74. The van der Waals surface area contributed by atoms with E-state index in [1.807, 2.05) is 37.3 Å². The Morgan fingerprint density at radius 1 is 1.26 bits per heavy atom. The third kappa shape index (κ3) is 5.74. The van der Waals surface area contributed by atoms with E-state index in [2.05, 4.69) is 0 Å². The van der Waals surface area contributed by atoms with Gasteiger partial charge in [0.1, 0.15) is 18.1 Å². The second-order valence-corrected chi connectivity index (χ2v) is 3.74. The van der Waals surface area contributed by atoms with E-state index in [0.717, 1.165) is 17.1 Å². The number of amides is 1. The average Bonchev–Trinajstić information content (AvgIpc) is 2.45. The van der Waals surface area contributed by atoms with Crippen LogP contribution in [-0.2, 0) is 4.79 Å². The lowest BCUT2D eigenvalue weighted by Crippen LogP contribution is -2.14. The van der Waals surface area contributed by atoms with E-state index in [1.54, 1.807) is 13.2 Å². The van der Waals surface area contributed by atoms with Crippen LogP contribution in [0.25, 0.3) is 0 Å². The van der Waals surface area contributed by atoms with Gasteiger partial charge in [-0.05, 0) is 37.3 Å². The summed E-state index contributed by atoms with van der Waals surface area (Å²) in [6.07, 6.45) is 4.65. The summed E-state index contributed by atoms with van der Waals surface area (Å²) in [5.41, 5.74) is 2.38. The van der Waals surface area contributed by atoms with Crippen molar-refractivity contribution in [1.29, 1.82) is 0 Å². The molecule has 0 saturated heterocycles. The molecule has 0 atom stereocenters. The SMILES string of the molecule is COc1ccc(OC/C=C(C)/C=C/C(=O)NO)cc1. The first-order chi connectivity index (χ1) is 9.15. The van der Waals surface area contributed by atoms with Gasteiger partial charge in [-0.15, -0.1) is 0 Å². The molecule has 102 valence electrons. The van der Waals surface area contributed by atoms with Crippen molar-refractivity contribution in [2.24, 2.45) is 0 Å². The highest BCUT2D eigenvalue weighted by Crippen LogP contribution is 2.16. The zero-order valence-electron chi connectivity index (χ0n) is 10.9. The van der Waals surface area contributed by atoms with Gasteiger partial charge in [-0.25, -0.2) is 5.48 Å². The van der Waals surface area contributed by atoms with Gasteiger partial charge in [-0.1, -0.05) is 11.6 Å². The molecule has 0 saturated carbocycles. The Morgan fingerprint density at radius 3 is 2.47 bits per heavy atom. The molecule has 2 N–H and O–H groups in total.